The molecule has 1 aromatic carbocycles. The number of fused-ring (bicyclic) bond motifs is 1. The molecule has 19 heavy (non-hydrogen) atoms. The maximum absolute atomic E-state index is 12.1. The van der Waals surface area contributed by atoms with Gasteiger partial charge >= 0.3 is 6.09 Å². The van der Waals surface area contributed by atoms with Gasteiger partial charge in [-0.25, -0.2) is 4.79 Å². The minimum atomic E-state index is -0.424. The molecule has 0 radical (unpaired) electrons. The molecule has 0 saturated heterocycles. The second-order valence-electron chi connectivity index (χ2n) is 6.24. The molecule has 0 bridgehead atoms. The Morgan fingerprint density at radius 2 is 1.79 bits per heavy atom. The largest absolute Gasteiger partial charge is 0.444 e. The fourth-order valence-electron chi connectivity index (χ4n) is 2.36. The molecular weight excluding hydrogens is 238 g/mol. The minimum absolute atomic E-state index is 0.197. The topological polar surface area (TPSA) is 29.5 Å². The first-order chi connectivity index (χ1) is 8.85. The molecule has 2 rings (SSSR count). The van der Waals surface area contributed by atoms with Gasteiger partial charge in [-0.3, -0.25) is 0 Å². The fraction of sp³-hybridized carbons (Fsp3) is 0.562. The molecule has 1 aliphatic heterocycles. The molecule has 0 spiro atoms. The molecule has 3 heteroatoms. The van der Waals surface area contributed by atoms with Crippen molar-refractivity contribution in [2.75, 3.05) is 13.1 Å². The van der Waals surface area contributed by atoms with E-state index >= 15 is 0 Å². The van der Waals surface area contributed by atoms with Crippen molar-refractivity contribution in [2.45, 2.75) is 46.1 Å². The van der Waals surface area contributed by atoms with Crippen molar-refractivity contribution in [1.29, 1.82) is 0 Å². The van der Waals surface area contributed by atoms with E-state index < -0.39 is 5.60 Å². The summed E-state index contributed by atoms with van der Waals surface area (Å²) in [6, 6.07) is 6.55. The van der Waals surface area contributed by atoms with Gasteiger partial charge in [-0.2, -0.15) is 0 Å². The van der Waals surface area contributed by atoms with E-state index in [9.17, 15) is 4.79 Å². The molecule has 0 saturated carbocycles. The molecule has 1 amide bonds. The number of aryl methyl sites for hydroxylation is 1. The Labute approximate surface area is 115 Å². The van der Waals surface area contributed by atoms with Crippen molar-refractivity contribution in [3.63, 3.8) is 0 Å². The molecule has 1 aromatic rings. The molecule has 1 heterocycles. The van der Waals surface area contributed by atoms with Gasteiger partial charge in [0.05, 0.1) is 0 Å². The fourth-order valence-corrected chi connectivity index (χ4v) is 2.36. The Morgan fingerprint density at radius 1 is 1.16 bits per heavy atom. The van der Waals surface area contributed by atoms with Crippen molar-refractivity contribution in [3.05, 3.63) is 34.9 Å². The highest BCUT2D eigenvalue weighted by Gasteiger charge is 2.23. The van der Waals surface area contributed by atoms with E-state index in [4.69, 9.17) is 4.74 Å². The van der Waals surface area contributed by atoms with Gasteiger partial charge in [-0.05, 0) is 51.7 Å². The Hall–Kier alpha value is -1.51. The van der Waals surface area contributed by atoms with Crippen LogP contribution in [0, 0.1) is 6.92 Å². The summed E-state index contributed by atoms with van der Waals surface area (Å²) in [6.45, 7) is 9.30. The van der Waals surface area contributed by atoms with Crippen LogP contribution in [0.2, 0.25) is 0 Å². The second kappa shape index (κ2) is 5.24. The summed E-state index contributed by atoms with van der Waals surface area (Å²) in [6.07, 6.45) is 1.63. The summed E-state index contributed by atoms with van der Waals surface area (Å²) in [5.74, 6) is 0. The number of carbonyl (C=O) groups excluding carboxylic acids is 1. The number of carbonyl (C=O) groups is 1. The third-order valence-electron chi connectivity index (χ3n) is 3.32. The smallest absolute Gasteiger partial charge is 0.410 e. The molecule has 0 aromatic heterocycles. The third kappa shape index (κ3) is 3.72. The van der Waals surface area contributed by atoms with Crippen LogP contribution in [-0.4, -0.2) is 29.7 Å². The summed E-state index contributed by atoms with van der Waals surface area (Å²) in [5.41, 5.74) is 3.58. The SMILES string of the molecule is Cc1ccc2c(c1)CCN(C(=O)OC(C)(C)C)CC2. The van der Waals surface area contributed by atoms with Gasteiger partial charge in [0.1, 0.15) is 5.60 Å². The number of hydrogen-bond acceptors (Lipinski definition) is 2. The number of hydrogen-bond donors (Lipinski definition) is 0. The lowest BCUT2D eigenvalue weighted by molar-refractivity contribution is 0.0258. The Morgan fingerprint density at radius 3 is 2.42 bits per heavy atom. The van der Waals surface area contributed by atoms with Gasteiger partial charge in [0, 0.05) is 13.1 Å². The molecule has 0 fully saturated rings. The standard InChI is InChI=1S/C16H23NO2/c1-12-5-6-13-7-9-17(10-8-14(13)11-12)15(18)19-16(2,3)4/h5-6,11H,7-10H2,1-4H3. The van der Waals surface area contributed by atoms with Gasteiger partial charge in [0.15, 0.2) is 0 Å². The highest BCUT2D eigenvalue weighted by molar-refractivity contribution is 5.68. The van der Waals surface area contributed by atoms with Gasteiger partial charge in [0.2, 0.25) is 0 Å². The van der Waals surface area contributed by atoms with Crippen molar-refractivity contribution in [2.24, 2.45) is 0 Å². The van der Waals surface area contributed by atoms with Gasteiger partial charge in [-0.15, -0.1) is 0 Å². The minimum Gasteiger partial charge on any atom is -0.444 e. The number of benzene rings is 1. The lowest BCUT2D eigenvalue weighted by Crippen LogP contribution is -2.38. The highest BCUT2D eigenvalue weighted by Crippen LogP contribution is 2.19. The predicted octanol–water partition coefficient (Wildman–Crippen LogP) is 3.33. The molecule has 0 atom stereocenters. The van der Waals surface area contributed by atoms with Crippen molar-refractivity contribution < 1.29 is 9.53 Å². The van der Waals surface area contributed by atoms with Gasteiger partial charge in [-0.1, -0.05) is 23.8 Å². The summed E-state index contributed by atoms with van der Waals surface area (Å²) >= 11 is 0. The van der Waals surface area contributed by atoms with E-state index in [1.54, 1.807) is 0 Å². The predicted molar refractivity (Wildman–Crippen MR) is 76.4 cm³/mol. The summed E-state index contributed by atoms with van der Waals surface area (Å²) in [5, 5.41) is 0. The zero-order valence-corrected chi connectivity index (χ0v) is 12.3. The average molecular weight is 261 g/mol. The molecule has 3 nitrogen and oxygen atoms in total. The van der Waals surface area contributed by atoms with E-state index in [1.807, 2.05) is 25.7 Å². The highest BCUT2D eigenvalue weighted by atomic mass is 16.6. The normalized spacial score (nSPS) is 15.7. The van der Waals surface area contributed by atoms with E-state index in [0.717, 1.165) is 25.9 Å². The van der Waals surface area contributed by atoms with Crippen molar-refractivity contribution >= 4 is 6.09 Å². The van der Waals surface area contributed by atoms with Crippen LogP contribution in [0.25, 0.3) is 0 Å². The van der Waals surface area contributed by atoms with Crippen molar-refractivity contribution in [3.8, 4) is 0 Å². The van der Waals surface area contributed by atoms with Crippen LogP contribution < -0.4 is 0 Å². The Balaban J connectivity index is 2.05. The number of nitrogens with zero attached hydrogens (tertiary/aromatic N) is 1. The van der Waals surface area contributed by atoms with Crippen LogP contribution in [0.15, 0.2) is 18.2 Å². The molecule has 0 N–H and O–H groups in total. The van der Waals surface area contributed by atoms with E-state index in [2.05, 4.69) is 25.1 Å². The molecule has 0 unspecified atom stereocenters. The Bertz CT molecular complexity index is 474. The van der Waals surface area contributed by atoms with Crippen LogP contribution >= 0.6 is 0 Å². The molecule has 1 aliphatic rings. The maximum atomic E-state index is 12.1. The monoisotopic (exact) mass is 261 g/mol. The number of ether oxygens (including phenoxy) is 1. The number of amides is 1. The first kappa shape index (κ1) is 13.9. The van der Waals surface area contributed by atoms with E-state index in [-0.39, 0.29) is 6.09 Å². The first-order valence-electron chi connectivity index (χ1n) is 6.91. The quantitative estimate of drug-likeness (QED) is 0.717. The van der Waals surface area contributed by atoms with Crippen LogP contribution in [0.1, 0.15) is 37.5 Å². The van der Waals surface area contributed by atoms with E-state index in [0.29, 0.717) is 0 Å². The summed E-state index contributed by atoms with van der Waals surface area (Å²) in [4.78, 5) is 13.9. The van der Waals surface area contributed by atoms with Crippen LogP contribution in [0.4, 0.5) is 4.79 Å². The summed E-state index contributed by atoms with van der Waals surface area (Å²) < 4.78 is 5.44. The first-order valence-corrected chi connectivity index (χ1v) is 6.91. The maximum Gasteiger partial charge on any atom is 0.410 e. The zero-order chi connectivity index (χ0) is 14.0. The van der Waals surface area contributed by atoms with Crippen LogP contribution in [0.3, 0.4) is 0 Å². The molecule has 104 valence electrons. The van der Waals surface area contributed by atoms with Gasteiger partial charge < -0.3 is 9.64 Å². The zero-order valence-electron chi connectivity index (χ0n) is 12.3. The van der Waals surface area contributed by atoms with Gasteiger partial charge in [0.25, 0.3) is 0 Å². The summed E-state index contributed by atoms with van der Waals surface area (Å²) in [7, 11) is 0. The Kier molecular flexibility index (Phi) is 3.83. The third-order valence-corrected chi connectivity index (χ3v) is 3.32. The lowest BCUT2D eigenvalue weighted by Gasteiger charge is -2.26. The van der Waals surface area contributed by atoms with E-state index in [1.165, 1.54) is 16.7 Å². The average Bonchev–Trinajstić information content (AvgIpc) is 2.48. The van der Waals surface area contributed by atoms with Crippen LogP contribution in [0.5, 0.6) is 0 Å². The molecular formula is C16H23NO2. The lowest BCUT2D eigenvalue weighted by atomic mass is 10.0. The van der Waals surface area contributed by atoms with Crippen LogP contribution in [-0.2, 0) is 17.6 Å². The second-order valence-corrected chi connectivity index (χ2v) is 6.24. The van der Waals surface area contributed by atoms with Crippen molar-refractivity contribution in [1.82, 2.24) is 4.90 Å². The molecule has 0 aliphatic carbocycles. The number of rotatable bonds is 0.